The minimum absolute atomic E-state index is 0.722. The lowest BCUT2D eigenvalue weighted by molar-refractivity contribution is 0.896. The summed E-state index contributed by atoms with van der Waals surface area (Å²) in [5, 5.41) is 4.05. The summed E-state index contributed by atoms with van der Waals surface area (Å²) in [4.78, 5) is 4.72. The number of halogens is 1. The lowest BCUT2D eigenvalue weighted by atomic mass is 10.1. The molecule has 0 aliphatic heterocycles. The number of rotatable bonds is 1. The molecule has 1 N–H and O–H groups in total. The smallest absolute Gasteiger partial charge is 0.155 e. The SMILES string of the molecule is S=c1c2c(nc3cc(-c4cccc(Cl)c4)[nH]n13)CCC2. The van der Waals surface area contributed by atoms with Crippen LogP contribution in [-0.4, -0.2) is 14.6 Å². The Hall–Kier alpha value is -1.65. The maximum Gasteiger partial charge on any atom is 0.155 e. The number of nitrogens with zero attached hydrogens (tertiary/aromatic N) is 2. The summed E-state index contributed by atoms with van der Waals surface area (Å²) in [6.45, 7) is 0. The van der Waals surface area contributed by atoms with Gasteiger partial charge in [-0.2, -0.15) is 0 Å². The van der Waals surface area contributed by atoms with Crippen LogP contribution in [0.25, 0.3) is 16.9 Å². The Morgan fingerprint density at radius 1 is 1.25 bits per heavy atom. The zero-order chi connectivity index (χ0) is 13.7. The Morgan fingerprint density at radius 2 is 2.15 bits per heavy atom. The molecule has 0 bridgehead atoms. The van der Waals surface area contributed by atoms with Crippen molar-refractivity contribution in [3.05, 3.63) is 51.3 Å². The molecule has 0 saturated carbocycles. The summed E-state index contributed by atoms with van der Waals surface area (Å²) in [6, 6.07) is 9.79. The van der Waals surface area contributed by atoms with Crippen molar-refractivity contribution in [2.75, 3.05) is 0 Å². The number of H-pyrrole nitrogens is 1. The number of hydrogen-bond donors (Lipinski definition) is 1. The lowest BCUT2D eigenvalue weighted by Crippen LogP contribution is -1.99. The van der Waals surface area contributed by atoms with Crippen molar-refractivity contribution >= 4 is 29.5 Å². The fourth-order valence-electron chi connectivity index (χ4n) is 2.80. The van der Waals surface area contributed by atoms with Crippen molar-refractivity contribution in [1.29, 1.82) is 0 Å². The predicted octanol–water partition coefficient (Wildman–Crippen LogP) is 4.20. The molecule has 1 aromatic carbocycles. The van der Waals surface area contributed by atoms with Gasteiger partial charge in [-0.15, -0.1) is 0 Å². The molecule has 0 amide bonds. The van der Waals surface area contributed by atoms with E-state index < -0.39 is 0 Å². The van der Waals surface area contributed by atoms with Crippen molar-refractivity contribution in [2.45, 2.75) is 19.3 Å². The first kappa shape index (κ1) is 12.1. The molecule has 20 heavy (non-hydrogen) atoms. The maximum absolute atomic E-state index is 6.05. The summed E-state index contributed by atoms with van der Waals surface area (Å²) in [5.74, 6) is 0. The molecule has 2 heterocycles. The highest BCUT2D eigenvalue weighted by molar-refractivity contribution is 7.71. The highest BCUT2D eigenvalue weighted by atomic mass is 35.5. The Labute approximate surface area is 126 Å². The second-order valence-electron chi connectivity index (χ2n) is 5.07. The topological polar surface area (TPSA) is 33.1 Å². The van der Waals surface area contributed by atoms with Crippen molar-refractivity contribution in [3.8, 4) is 11.3 Å². The quantitative estimate of drug-likeness (QED) is 0.683. The molecule has 2 aromatic heterocycles. The van der Waals surface area contributed by atoms with Gasteiger partial charge in [0, 0.05) is 27.9 Å². The van der Waals surface area contributed by atoms with E-state index in [1.165, 1.54) is 5.56 Å². The molecule has 0 saturated heterocycles. The summed E-state index contributed by atoms with van der Waals surface area (Å²) < 4.78 is 2.76. The molecule has 4 rings (SSSR count). The number of fused-ring (bicyclic) bond motifs is 2. The Morgan fingerprint density at radius 3 is 3.00 bits per heavy atom. The zero-order valence-electron chi connectivity index (χ0n) is 10.7. The van der Waals surface area contributed by atoms with E-state index in [0.717, 1.165) is 51.5 Å². The van der Waals surface area contributed by atoms with E-state index in [1.807, 2.05) is 34.8 Å². The van der Waals surface area contributed by atoms with Gasteiger partial charge in [-0.25, -0.2) is 9.50 Å². The van der Waals surface area contributed by atoms with Gasteiger partial charge in [-0.1, -0.05) is 36.0 Å². The number of nitrogens with one attached hydrogen (secondary N) is 1. The van der Waals surface area contributed by atoms with E-state index in [4.69, 9.17) is 28.8 Å². The van der Waals surface area contributed by atoms with Crippen molar-refractivity contribution in [2.24, 2.45) is 0 Å². The first-order valence-electron chi connectivity index (χ1n) is 6.62. The van der Waals surface area contributed by atoms with Gasteiger partial charge < -0.3 is 0 Å². The van der Waals surface area contributed by atoms with Crippen LogP contribution in [0.2, 0.25) is 5.02 Å². The van der Waals surface area contributed by atoms with Gasteiger partial charge in [0.15, 0.2) is 5.65 Å². The summed E-state index contributed by atoms with van der Waals surface area (Å²) in [6.07, 6.45) is 3.23. The number of benzene rings is 1. The Balaban J connectivity index is 1.96. The number of hydrogen-bond acceptors (Lipinski definition) is 2. The maximum atomic E-state index is 6.05. The minimum atomic E-state index is 0.722. The van der Waals surface area contributed by atoms with Crippen LogP contribution in [0, 0.1) is 4.64 Å². The van der Waals surface area contributed by atoms with Crippen molar-refractivity contribution in [3.63, 3.8) is 0 Å². The largest absolute Gasteiger partial charge is 0.291 e. The van der Waals surface area contributed by atoms with E-state index in [1.54, 1.807) is 0 Å². The van der Waals surface area contributed by atoms with E-state index in [0.29, 0.717) is 0 Å². The molecule has 0 fully saturated rings. The monoisotopic (exact) mass is 301 g/mol. The third-order valence-electron chi connectivity index (χ3n) is 3.77. The lowest BCUT2D eigenvalue weighted by Gasteiger charge is -2.01. The van der Waals surface area contributed by atoms with Gasteiger partial charge in [0.2, 0.25) is 0 Å². The molecule has 0 spiro atoms. The van der Waals surface area contributed by atoms with Gasteiger partial charge in [0.05, 0.1) is 5.69 Å². The van der Waals surface area contributed by atoms with E-state index >= 15 is 0 Å². The van der Waals surface area contributed by atoms with Gasteiger partial charge >= 0.3 is 0 Å². The van der Waals surface area contributed by atoms with Gasteiger partial charge in [0.25, 0.3) is 0 Å². The average molecular weight is 302 g/mol. The molecular formula is C15H12ClN3S. The zero-order valence-corrected chi connectivity index (χ0v) is 12.3. The van der Waals surface area contributed by atoms with Crippen LogP contribution < -0.4 is 0 Å². The first-order chi connectivity index (χ1) is 9.72. The second-order valence-corrected chi connectivity index (χ2v) is 5.89. The van der Waals surface area contributed by atoms with Crippen LogP contribution in [0.1, 0.15) is 17.7 Å². The van der Waals surface area contributed by atoms with Crippen LogP contribution in [0.3, 0.4) is 0 Å². The fourth-order valence-corrected chi connectivity index (χ4v) is 3.35. The second kappa shape index (κ2) is 4.43. The van der Waals surface area contributed by atoms with E-state index in [-0.39, 0.29) is 0 Å². The molecular weight excluding hydrogens is 290 g/mol. The third kappa shape index (κ3) is 1.79. The molecule has 0 unspecified atom stereocenters. The highest BCUT2D eigenvalue weighted by Gasteiger charge is 2.17. The number of aromatic nitrogens is 3. The van der Waals surface area contributed by atoms with Crippen LogP contribution in [0.4, 0.5) is 0 Å². The molecule has 100 valence electrons. The first-order valence-corrected chi connectivity index (χ1v) is 7.40. The van der Waals surface area contributed by atoms with Crippen molar-refractivity contribution in [1.82, 2.24) is 14.6 Å². The molecule has 1 aliphatic rings. The highest BCUT2D eigenvalue weighted by Crippen LogP contribution is 2.26. The third-order valence-corrected chi connectivity index (χ3v) is 4.43. The molecule has 3 aromatic rings. The van der Waals surface area contributed by atoms with Gasteiger partial charge in [-0.3, -0.25) is 5.10 Å². The minimum Gasteiger partial charge on any atom is -0.291 e. The molecule has 1 aliphatic carbocycles. The molecule has 5 heteroatoms. The average Bonchev–Trinajstić information content (AvgIpc) is 3.05. The molecule has 3 nitrogen and oxygen atoms in total. The molecule has 0 radical (unpaired) electrons. The van der Waals surface area contributed by atoms with Crippen LogP contribution >= 0.6 is 23.8 Å². The molecule has 0 atom stereocenters. The summed E-state index contributed by atoms with van der Waals surface area (Å²) in [7, 11) is 0. The normalized spacial score (nSPS) is 13.8. The predicted molar refractivity (Wildman–Crippen MR) is 82.8 cm³/mol. The Kier molecular flexibility index (Phi) is 2.69. The fraction of sp³-hybridized carbons (Fsp3) is 0.200. The van der Waals surface area contributed by atoms with Crippen LogP contribution in [-0.2, 0) is 12.8 Å². The summed E-state index contributed by atoms with van der Waals surface area (Å²) in [5.41, 5.74) is 5.28. The van der Waals surface area contributed by atoms with Crippen molar-refractivity contribution < 1.29 is 0 Å². The Bertz CT molecular complexity index is 878. The van der Waals surface area contributed by atoms with Crippen LogP contribution in [0.15, 0.2) is 30.3 Å². The van der Waals surface area contributed by atoms with Gasteiger partial charge in [-0.05, 0) is 31.4 Å². The van der Waals surface area contributed by atoms with Gasteiger partial charge in [0.1, 0.15) is 4.64 Å². The number of aryl methyl sites for hydroxylation is 1. The van der Waals surface area contributed by atoms with E-state index in [2.05, 4.69) is 5.10 Å². The number of aromatic amines is 1. The van der Waals surface area contributed by atoms with Crippen LogP contribution in [0.5, 0.6) is 0 Å². The summed E-state index contributed by atoms with van der Waals surface area (Å²) >= 11 is 11.6. The van der Waals surface area contributed by atoms with E-state index in [9.17, 15) is 0 Å². The standard InChI is InChI=1S/C15H12ClN3S/c16-10-4-1-3-9(7-10)13-8-14-17-12-6-2-5-11(12)15(20)19(14)18-13/h1,3-4,7-8,18H,2,5-6H2.